The minimum Gasteiger partial charge on any atom is -0.393 e. The van der Waals surface area contributed by atoms with Crippen molar-refractivity contribution in [3.05, 3.63) is 0 Å². The van der Waals surface area contributed by atoms with Gasteiger partial charge in [0.05, 0.1) is 12.2 Å². The maximum atomic E-state index is 11.5. The number of rotatable bonds is 6. The first-order chi connectivity index (χ1) is 14.6. The lowest BCUT2D eigenvalue weighted by molar-refractivity contribution is -0.275. The van der Waals surface area contributed by atoms with Crippen LogP contribution in [0.15, 0.2) is 0 Å². The van der Waals surface area contributed by atoms with Gasteiger partial charge in [0.2, 0.25) is 0 Å². The lowest BCUT2D eigenvalue weighted by Crippen LogP contribution is -2.69. The fourth-order valence-electron chi connectivity index (χ4n) is 9.71. The zero-order valence-electron chi connectivity index (χ0n) is 21.2. The molecule has 3 heteroatoms. The molecule has 2 N–H and O–H groups in total. The monoisotopic (exact) mass is 434 g/mol. The van der Waals surface area contributed by atoms with Gasteiger partial charge in [-0.1, -0.05) is 53.9 Å². The van der Waals surface area contributed by atoms with E-state index in [0.717, 1.165) is 42.9 Å². The summed E-state index contributed by atoms with van der Waals surface area (Å²) in [6, 6.07) is 0. The molecule has 4 aliphatic rings. The van der Waals surface area contributed by atoms with Gasteiger partial charge in [-0.3, -0.25) is 0 Å². The molecule has 4 aliphatic carbocycles. The lowest BCUT2D eigenvalue weighted by Gasteiger charge is -2.66. The van der Waals surface area contributed by atoms with Gasteiger partial charge in [-0.15, -0.1) is 0 Å². The molecule has 4 fully saturated rings. The fraction of sp³-hybridized carbons (Fsp3) is 1.00. The highest BCUT2D eigenvalue weighted by Crippen LogP contribution is 2.69. The molecule has 0 bridgehead atoms. The predicted octanol–water partition coefficient (Wildman–Crippen LogP) is 6.21. The van der Waals surface area contributed by atoms with Crippen LogP contribution in [-0.4, -0.2) is 35.1 Å². The molecule has 3 nitrogen and oxygen atoms in total. The number of fused-ring (bicyclic) bond motifs is 5. The van der Waals surface area contributed by atoms with E-state index < -0.39 is 11.7 Å². The molecule has 4 saturated carbocycles. The minimum atomic E-state index is -0.568. The van der Waals surface area contributed by atoms with Crippen molar-refractivity contribution in [2.24, 2.45) is 46.3 Å². The van der Waals surface area contributed by atoms with E-state index in [-0.39, 0.29) is 11.5 Å². The van der Waals surface area contributed by atoms with E-state index in [1.807, 2.05) is 0 Å². The summed E-state index contributed by atoms with van der Waals surface area (Å²) >= 11 is 0. The highest BCUT2D eigenvalue weighted by atomic mass is 16.5. The molecule has 0 aromatic carbocycles. The molecular formula is C28H50O3. The van der Waals surface area contributed by atoms with E-state index >= 15 is 0 Å². The number of ether oxygens (including phenoxy) is 1. The maximum Gasteiger partial charge on any atom is 0.102 e. The van der Waals surface area contributed by atoms with E-state index in [0.29, 0.717) is 23.7 Å². The third-order valence-corrected chi connectivity index (χ3v) is 11.4. The molecule has 0 aromatic heterocycles. The van der Waals surface area contributed by atoms with Crippen LogP contribution in [0.3, 0.4) is 0 Å². The number of methoxy groups -OCH3 is 1. The van der Waals surface area contributed by atoms with E-state index in [2.05, 4.69) is 34.6 Å². The van der Waals surface area contributed by atoms with E-state index in [1.54, 1.807) is 7.11 Å². The van der Waals surface area contributed by atoms with E-state index in [4.69, 9.17) is 4.74 Å². The Morgan fingerprint density at radius 3 is 2.35 bits per heavy atom. The van der Waals surface area contributed by atoms with Gasteiger partial charge in [0.1, 0.15) is 5.60 Å². The molecule has 0 radical (unpaired) electrons. The van der Waals surface area contributed by atoms with Gasteiger partial charge >= 0.3 is 0 Å². The Labute approximate surface area is 191 Å². The zero-order chi connectivity index (χ0) is 22.6. The molecule has 0 spiro atoms. The van der Waals surface area contributed by atoms with Gasteiger partial charge in [-0.05, 0) is 85.9 Å². The molecule has 10 atom stereocenters. The largest absolute Gasteiger partial charge is 0.393 e. The van der Waals surface area contributed by atoms with Crippen molar-refractivity contribution in [3.63, 3.8) is 0 Å². The van der Waals surface area contributed by atoms with Crippen molar-refractivity contribution in [2.45, 2.75) is 123 Å². The number of aliphatic hydroxyl groups excluding tert-OH is 2. The molecule has 180 valence electrons. The first-order valence-corrected chi connectivity index (χ1v) is 13.5. The Balaban J connectivity index is 1.55. The number of hydrogen-bond acceptors (Lipinski definition) is 3. The van der Waals surface area contributed by atoms with Crippen molar-refractivity contribution in [2.75, 3.05) is 7.11 Å². The Hall–Kier alpha value is -0.120. The van der Waals surface area contributed by atoms with Crippen LogP contribution in [0.4, 0.5) is 0 Å². The Bertz CT molecular complexity index is 634. The Morgan fingerprint density at radius 2 is 1.68 bits per heavy atom. The molecule has 31 heavy (non-hydrogen) atoms. The maximum absolute atomic E-state index is 11.5. The summed E-state index contributed by atoms with van der Waals surface area (Å²) in [5.74, 6) is 4.46. The number of aliphatic hydroxyl groups is 2. The van der Waals surface area contributed by atoms with Crippen LogP contribution in [0.25, 0.3) is 0 Å². The first kappa shape index (κ1) is 24.0. The number of hydrogen-bond donors (Lipinski definition) is 2. The molecule has 0 aromatic rings. The van der Waals surface area contributed by atoms with Gasteiger partial charge in [-0.25, -0.2) is 0 Å². The lowest BCUT2D eigenvalue weighted by atomic mass is 9.42. The van der Waals surface area contributed by atoms with Crippen molar-refractivity contribution in [3.8, 4) is 0 Å². The summed E-state index contributed by atoms with van der Waals surface area (Å²) in [6.07, 6.45) is 12.0. The SMILES string of the molecule is CO[C@]12C[C@@H](O)CC[C@]1(C)[C@H]1CC[C@]3(C)[C@@H]([C@H](C)CCCC(C)C)CC[C@H]3[C@@H]1C[C@H]2O. The van der Waals surface area contributed by atoms with Crippen molar-refractivity contribution in [1.82, 2.24) is 0 Å². The predicted molar refractivity (Wildman–Crippen MR) is 127 cm³/mol. The van der Waals surface area contributed by atoms with Crippen molar-refractivity contribution >= 4 is 0 Å². The van der Waals surface area contributed by atoms with Crippen LogP contribution < -0.4 is 0 Å². The van der Waals surface area contributed by atoms with E-state index in [9.17, 15) is 10.2 Å². The summed E-state index contributed by atoms with van der Waals surface area (Å²) in [4.78, 5) is 0. The van der Waals surface area contributed by atoms with Crippen molar-refractivity contribution < 1.29 is 14.9 Å². The van der Waals surface area contributed by atoms with E-state index in [1.165, 1.54) is 44.9 Å². The molecule has 0 saturated heterocycles. The van der Waals surface area contributed by atoms with Crippen LogP contribution in [0.5, 0.6) is 0 Å². The quantitative estimate of drug-likeness (QED) is 0.522. The van der Waals surface area contributed by atoms with Crippen molar-refractivity contribution in [1.29, 1.82) is 0 Å². The molecule has 4 rings (SSSR count). The van der Waals surface area contributed by atoms with Gasteiger partial charge in [-0.2, -0.15) is 0 Å². The second-order valence-electron chi connectivity index (χ2n) is 13.1. The molecule has 0 unspecified atom stereocenters. The Kier molecular flexibility index (Phi) is 6.65. The summed E-state index contributed by atoms with van der Waals surface area (Å²) in [7, 11) is 1.78. The normalized spacial score (nSPS) is 50.6. The van der Waals surface area contributed by atoms with Crippen LogP contribution in [0.1, 0.15) is 105 Å². The third kappa shape index (κ3) is 3.64. The second-order valence-corrected chi connectivity index (χ2v) is 13.1. The molecule has 0 heterocycles. The molecular weight excluding hydrogens is 384 g/mol. The van der Waals surface area contributed by atoms with Gasteiger partial charge in [0.25, 0.3) is 0 Å². The smallest absolute Gasteiger partial charge is 0.102 e. The molecule has 0 amide bonds. The van der Waals surface area contributed by atoms with Crippen LogP contribution >= 0.6 is 0 Å². The second kappa shape index (κ2) is 8.58. The first-order valence-electron chi connectivity index (χ1n) is 13.5. The zero-order valence-corrected chi connectivity index (χ0v) is 21.2. The average molecular weight is 435 g/mol. The van der Waals surface area contributed by atoms with Crippen LogP contribution in [0.2, 0.25) is 0 Å². The van der Waals surface area contributed by atoms with Gasteiger partial charge in [0.15, 0.2) is 0 Å². The molecule has 0 aliphatic heterocycles. The third-order valence-electron chi connectivity index (χ3n) is 11.4. The summed E-state index contributed by atoms with van der Waals surface area (Å²) < 4.78 is 6.17. The fourth-order valence-corrected chi connectivity index (χ4v) is 9.71. The topological polar surface area (TPSA) is 49.7 Å². The van der Waals surface area contributed by atoms with Gasteiger partial charge < -0.3 is 14.9 Å². The highest BCUT2D eigenvalue weighted by molar-refractivity contribution is 5.17. The van der Waals surface area contributed by atoms with Crippen LogP contribution in [0, 0.1) is 46.3 Å². The Morgan fingerprint density at radius 1 is 0.935 bits per heavy atom. The standard InChI is InChI=1S/C28H50O3/c1-18(2)8-7-9-19(3)22-10-11-23-21-16-25(30)28(31-6)17-20(29)12-15-27(28,5)24(21)13-14-26(22,23)4/h18-25,29-30H,7-17H2,1-6H3/t19-,20+,21+,22-,23+,24+,25-,26-,27-,28+/m1/s1. The minimum absolute atomic E-state index is 0.0222. The highest BCUT2D eigenvalue weighted by Gasteiger charge is 2.68. The summed E-state index contributed by atoms with van der Waals surface area (Å²) in [5.41, 5.74) is -0.150. The van der Waals surface area contributed by atoms with Crippen LogP contribution in [-0.2, 0) is 4.74 Å². The average Bonchev–Trinajstić information content (AvgIpc) is 3.06. The summed E-state index contributed by atoms with van der Waals surface area (Å²) in [6.45, 7) is 12.2. The van der Waals surface area contributed by atoms with Gasteiger partial charge in [0, 0.05) is 18.9 Å². The summed E-state index contributed by atoms with van der Waals surface area (Å²) in [5, 5.41) is 22.0.